The van der Waals surface area contributed by atoms with Crippen LogP contribution in [0.15, 0.2) is 47.6 Å². The van der Waals surface area contributed by atoms with Crippen molar-refractivity contribution in [2.45, 2.75) is 0 Å². The van der Waals surface area contributed by atoms with E-state index in [0.717, 1.165) is 6.07 Å². The largest absolute Gasteiger partial charge is 0.481 e. The number of hydrazone groups is 1. The molecule has 1 amide bonds. The molecule has 0 atom stereocenters. The Morgan fingerprint density at radius 2 is 2.08 bits per heavy atom. The number of para-hydroxylation sites is 1. The molecular weight excluding hydrogens is 341 g/mol. The Hall–Kier alpha value is -3.73. The number of nitrogens with one attached hydrogen (secondary N) is 1. The number of halogens is 1. The summed E-state index contributed by atoms with van der Waals surface area (Å²) in [6, 6.07) is 12.0. The topological polar surface area (TPSA) is 101 Å². The van der Waals surface area contributed by atoms with Gasteiger partial charge in [-0.05, 0) is 30.3 Å². The number of carbonyl (C=O) groups excluding carboxylic acids is 2. The Labute approximate surface area is 148 Å². The third kappa shape index (κ3) is 4.88. The molecule has 8 heteroatoms. The minimum absolute atomic E-state index is 0.110. The summed E-state index contributed by atoms with van der Waals surface area (Å²) in [4.78, 5) is 23.1. The molecule has 0 aliphatic heterocycles. The number of carbonyl (C=O) groups is 2. The normalized spacial score (nSPS) is 10.2. The number of rotatable bonds is 6. The fraction of sp³-hybridized carbons (Fsp3) is 0.111. The highest BCUT2D eigenvalue weighted by Crippen LogP contribution is 2.16. The second-order valence-electron chi connectivity index (χ2n) is 4.91. The maximum Gasteiger partial charge on any atom is 0.343 e. The lowest BCUT2D eigenvalue weighted by atomic mass is 10.1. The van der Waals surface area contributed by atoms with Crippen LogP contribution in [0.5, 0.6) is 5.75 Å². The van der Waals surface area contributed by atoms with E-state index in [2.05, 4.69) is 15.3 Å². The van der Waals surface area contributed by atoms with E-state index in [4.69, 9.17) is 10.00 Å². The van der Waals surface area contributed by atoms with Crippen molar-refractivity contribution in [3.8, 4) is 11.8 Å². The molecule has 7 nitrogen and oxygen atoms in total. The van der Waals surface area contributed by atoms with Gasteiger partial charge in [-0.25, -0.2) is 14.6 Å². The summed E-state index contributed by atoms with van der Waals surface area (Å²) in [5.41, 5.74) is 2.56. The van der Waals surface area contributed by atoms with Crippen LogP contribution in [0, 0.1) is 17.1 Å². The molecule has 0 spiro atoms. The molecule has 0 saturated carbocycles. The summed E-state index contributed by atoms with van der Waals surface area (Å²) in [6.45, 7) is -0.274. The Morgan fingerprint density at radius 3 is 2.77 bits per heavy atom. The maximum atomic E-state index is 13.8. The zero-order valence-electron chi connectivity index (χ0n) is 13.7. The molecule has 0 aliphatic rings. The van der Waals surface area contributed by atoms with E-state index < -0.39 is 17.7 Å². The smallest absolute Gasteiger partial charge is 0.343 e. The molecule has 2 aromatic rings. The molecule has 2 rings (SSSR count). The number of methoxy groups -OCH3 is 1. The number of nitriles is 1. The zero-order valence-corrected chi connectivity index (χ0v) is 13.7. The highest BCUT2D eigenvalue weighted by molar-refractivity contribution is 5.95. The van der Waals surface area contributed by atoms with Gasteiger partial charge in [-0.1, -0.05) is 12.1 Å². The van der Waals surface area contributed by atoms with E-state index in [1.54, 1.807) is 30.3 Å². The quantitative estimate of drug-likeness (QED) is 0.485. The van der Waals surface area contributed by atoms with Crippen molar-refractivity contribution in [1.29, 1.82) is 5.26 Å². The first-order chi connectivity index (χ1) is 12.5. The minimum Gasteiger partial charge on any atom is -0.481 e. The summed E-state index contributed by atoms with van der Waals surface area (Å²) in [5.74, 6) is -1.77. The van der Waals surface area contributed by atoms with Crippen LogP contribution in [0.25, 0.3) is 0 Å². The third-order valence-corrected chi connectivity index (χ3v) is 3.20. The van der Waals surface area contributed by atoms with E-state index in [1.807, 2.05) is 0 Å². The lowest BCUT2D eigenvalue weighted by Crippen LogP contribution is -2.19. The number of hydrogen-bond donors (Lipinski definition) is 1. The number of nitrogens with zero attached hydrogens (tertiary/aromatic N) is 2. The van der Waals surface area contributed by atoms with Gasteiger partial charge in [0.1, 0.15) is 11.6 Å². The monoisotopic (exact) mass is 355 g/mol. The molecule has 0 unspecified atom stereocenters. The van der Waals surface area contributed by atoms with Crippen LogP contribution >= 0.6 is 0 Å². The van der Waals surface area contributed by atoms with Gasteiger partial charge in [0.05, 0.1) is 30.5 Å². The van der Waals surface area contributed by atoms with Gasteiger partial charge in [0, 0.05) is 5.56 Å². The summed E-state index contributed by atoms with van der Waals surface area (Å²) in [5, 5.41) is 12.5. The lowest BCUT2D eigenvalue weighted by Gasteiger charge is -2.07. The number of esters is 1. The number of ether oxygens (including phenoxy) is 2. The van der Waals surface area contributed by atoms with E-state index in [-0.39, 0.29) is 17.7 Å². The van der Waals surface area contributed by atoms with Crippen LogP contribution in [0.3, 0.4) is 0 Å². The Bertz CT molecular complexity index is 890. The average Bonchev–Trinajstić information content (AvgIpc) is 2.66. The van der Waals surface area contributed by atoms with Gasteiger partial charge < -0.3 is 9.47 Å². The van der Waals surface area contributed by atoms with Gasteiger partial charge in [0.25, 0.3) is 5.91 Å². The number of benzene rings is 2. The number of amides is 1. The zero-order chi connectivity index (χ0) is 18.9. The molecule has 0 heterocycles. The predicted molar refractivity (Wildman–Crippen MR) is 90.1 cm³/mol. The van der Waals surface area contributed by atoms with Gasteiger partial charge in [-0.2, -0.15) is 10.4 Å². The first kappa shape index (κ1) is 18.6. The second kappa shape index (κ2) is 8.94. The van der Waals surface area contributed by atoms with Gasteiger partial charge >= 0.3 is 5.97 Å². The van der Waals surface area contributed by atoms with E-state index >= 15 is 0 Å². The Balaban J connectivity index is 2.05. The maximum absolute atomic E-state index is 13.8. The first-order valence-electron chi connectivity index (χ1n) is 7.37. The summed E-state index contributed by atoms with van der Waals surface area (Å²) in [6.07, 6.45) is 1.30. The molecule has 0 aromatic heterocycles. The van der Waals surface area contributed by atoms with Crippen molar-refractivity contribution in [3.05, 3.63) is 65.0 Å². The van der Waals surface area contributed by atoms with Crippen LogP contribution in [-0.2, 0) is 9.53 Å². The summed E-state index contributed by atoms with van der Waals surface area (Å²) < 4.78 is 23.6. The summed E-state index contributed by atoms with van der Waals surface area (Å²) in [7, 11) is 1.25. The fourth-order valence-electron chi connectivity index (χ4n) is 1.90. The average molecular weight is 355 g/mol. The van der Waals surface area contributed by atoms with Crippen LogP contribution in [-0.4, -0.2) is 31.8 Å². The lowest BCUT2D eigenvalue weighted by molar-refractivity contribution is -0.142. The highest BCUT2D eigenvalue weighted by atomic mass is 19.1. The van der Waals surface area contributed by atoms with Crippen molar-refractivity contribution >= 4 is 18.1 Å². The molecule has 0 bridgehead atoms. The molecule has 1 N–H and O–H groups in total. The van der Waals surface area contributed by atoms with Gasteiger partial charge in [-0.15, -0.1) is 0 Å². The molecule has 26 heavy (non-hydrogen) atoms. The Morgan fingerprint density at radius 1 is 1.31 bits per heavy atom. The second-order valence-corrected chi connectivity index (χ2v) is 4.91. The van der Waals surface area contributed by atoms with Gasteiger partial charge in [0.15, 0.2) is 6.61 Å². The third-order valence-electron chi connectivity index (χ3n) is 3.20. The molecule has 0 aliphatic carbocycles. The van der Waals surface area contributed by atoms with Gasteiger partial charge in [-0.3, -0.25) is 4.79 Å². The van der Waals surface area contributed by atoms with Crippen molar-refractivity contribution in [1.82, 2.24) is 5.43 Å². The molecular formula is C18H14FN3O4. The van der Waals surface area contributed by atoms with Gasteiger partial charge in [0.2, 0.25) is 0 Å². The van der Waals surface area contributed by atoms with Crippen molar-refractivity contribution < 1.29 is 23.5 Å². The van der Waals surface area contributed by atoms with E-state index in [9.17, 15) is 14.0 Å². The summed E-state index contributed by atoms with van der Waals surface area (Å²) >= 11 is 0. The van der Waals surface area contributed by atoms with Crippen LogP contribution in [0.4, 0.5) is 4.39 Å². The van der Waals surface area contributed by atoms with E-state index in [0.29, 0.717) is 11.3 Å². The predicted octanol–water partition coefficient (Wildman–Crippen LogP) is 2.01. The molecule has 0 saturated heterocycles. The van der Waals surface area contributed by atoms with Crippen LogP contribution in [0.2, 0.25) is 0 Å². The Kier molecular flexibility index (Phi) is 6.40. The van der Waals surface area contributed by atoms with Crippen molar-refractivity contribution in [3.63, 3.8) is 0 Å². The van der Waals surface area contributed by atoms with Crippen LogP contribution in [0.1, 0.15) is 21.5 Å². The molecule has 2 aromatic carbocycles. The molecule has 0 radical (unpaired) electrons. The van der Waals surface area contributed by atoms with Crippen molar-refractivity contribution in [2.75, 3.05) is 13.7 Å². The standard InChI is InChI=1S/C18H14FN3O4/c1-25-17(23)11-26-16-5-3-2-4-13(16)10-21-22-18(24)14-7-6-12(9-20)8-15(14)19/h2-8,10H,11H2,1H3,(H,22,24)/b21-10+. The molecule has 132 valence electrons. The fourth-order valence-corrected chi connectivity index (χ4v) is 1.90. The number of hydrogen-bond acceptors (Lipinski definition) is 6. The SMILES string of the molecule is COC(=O)COc1ccccc1/C=N/NC(=O)c1ccc(C#N)cc1F. The minimum atomic E-state index is -0.821. The highest BCUT2D eigenvalue weighted by Gasteiger charge is 2.11. The van der Waals surface area contributed by atoms with Crippen LogP contribution < -0.4 is 10.2 Å². The van der Waals surface area contributed by atoms with E-state index in [1.165, 1.54) is 25.5 Å². The molecule has 0 fully saturated rings. The first-order valence-corrected chi connectivity index (χ1v) is 7.37. The van der Waals surface area contributed by atoms with Crippen molar-refractivity contribution in [2.24, 2.45) is 5.10 Å².